The molecule has 30 heavy (non-hydrogen) atoms. The van der Waals surface area contributed by atoms with E-state index in [1.54, 1.807) is 0 Å². The first-order valence-corrected chi connectivity index (χ1v) is 12.1. The third-order valence-electron chi connectivity index (χ3n) is 7.77. The van der Waals surface area contributed by atoms with Crippen LogP contribution in [0.5, 0.6) is 11.5 Å². The summed E-state index contributed by atoms with van der Waals surface area (Å²) in [7, 11) is 0. The van der Waals surface area contributed by atoms with Gasteiger partial charge < -0.3 is 19.5 Å². The smallest absolute Gasteiger partial charge is 0.231 e. The number of benzene rings is 1. The van der Waals surface area contributed by atoms with Gasteiger partial charge in [-0.25, -0.2) is 0 Å². The van der Waals surface area contributed by atoms with Crippen LogP contribution >= 0.6 is 0 Å². The van der Waals surface area contributed by atoms with Gasteiger partial charge in [-0.3, -0.25) is 9.80 Å². The number of rotatable bonds is 5. The zero-order valence-corrected chi connectivity index (χ0v) is 18.2. The first-order chi connectivity index (χ1) is 14.8. The average molecular weight is 416 g/mol. The largest absolute Gasteiger partial charge is 0.454 e. The number of hydrogen-bond donors (Lipinski definition) is 1. The van der Waals surface area contributed by atoms with E-state index in [4.69, 9.17) is 9.47 Å². The summed E-state index contributed by atoms with van der Waals surface area (Å²) in [4.78, 5) is 7.98. The predicted octanol–water partition coefficient (Wildman–Crippen LogP) is 3.09. The fraction of sp³-hybridized carbons (Fsp3) is 0.750. The van der Waals surface area contributed by atoms with E-state index in [-0.39, 0.29) is 0 Å². The Bertz CT molecular complexity index is 701. The number of fused-ring (bicyclic) bond motifs is 1. The number of nitrogens with zero attached hydrogens (tertiary/aromatic N) is 3. The summed E-state index contributed by atoms with van der Waals surface area (Å²) in [6.45, 7) is 6.33. The third-order valence-corrected chi connectivity index (χ3v) is 7.77. The van der Waals surface area contributed by atoms with Crippen LogP contribution in [0.2, 0.25) is 0 Å². The zero-order chi connectivity index (χ0) is 20.3. The van der Waals surface area contributed by atoms with Crippen molar-refractivity contribution in [3.05, 3.63) is 18.2 Å². The minimum Gasteiger partial charge on any atom is -0.454 e. The monoisotopic (exact) mass is 415 g/mol. The number of hydrogen-bond acceptors (Lipinski definition) is 6. The van der Waals surface area contributed by atoms with Crippen LogP contribution in [0.4, 0.5) is 5.69 Å². The molecule has 0 radical (unpaired) electrons. The number of aliphatic hydroxyl groups excluding tert-OH is 1. The van der Waals surface area contributed by atoms with Crippen LogP contribution in [-0.4, -0.2) is 79.2 Å². The molecule has 166 valence electrons. The van der Waals surface area contributed by atoms with Crippen LogP contribution in [0.25, 0.3) is 0 Å². The summed E-state index contributed by atoms with van der Waals surface area (Å²) < 4.78 is 11.0. The van der Waals surface area contributed by atoms with Crippen molar-refractivity contribution in [1.29, 1.82) is 0 Å². The van der Waals surface area contributed by atoms with Crippen LogP contribution in [0.15, 0.2) is 18.2 Å². The second kappa shape index (κ2) is 9.33. The molecule has 2 saturated heterocycles. The minimum absolute atomic E-state index is 0.310. The highest BCUT2D eigenvalue weighted by Gasteiger charge is 2.35. The molecule has 1 unspecified atom stereocenters. The quantitative estimate of drug-likeness (QED) is 0.798. The molecule has 1 saturated carbocycles. The molecule has 5 rings (SSSR count). The number of piperazine rings is 1. The van der Waals surface area contributed by atoms with Gasteiger partial charge in [-0.15, -0.1) is 0 Å². The Morgan fingerprint density at radius 1 is 0.867 bits per heavy atom. The first kappa shape index (κ1) is 20.4. The lowest BCUT2D eigenvalue weighted by molar-refractivity contribution is -0.00352. The molecule has 1 aliphatic carbocycles. The summed E-state index contributed by atoms with van der Waals surface area (Å²) in [5.41, 5.74) is 1.25. The van der Waals surface area contributed by atoms with Crippen molar-refractivity contribution in [2.45, 2.75) is 69.5 Å². The van der Waals surface area contributed by atoms with Gasteiger partial charge in [-0.1, -0.05) is 19.3 Å². The topological polar surface area (TPSA) is 48.4 Å². The van der Waals surface area contributed by atoms with E-state index in [0.717, 1.165) is 43.6 Å². The van der Waals surface area contributed by atoms with E-state index in [0.29, 0.717) is 25.5 Å². The van der Waals surface area contributed by atoms with Crippen molar-refractivity contribution < 1.29 is 14.6 Å². The van der Waals surface area contributed by atoms with Gasteiger partial charge >= 0.3 is 0 Å². The summed E-state index contributed by atoms with van der Waals surface area (Å²) in [6, 6.07) is 8.28. The van der Waals surface area contributed by atoms with Gasteiger partial charge in [-0.2, -0.15) is 0 Å². The minimum atomic E-state index is 0.310. The molecule has 1 aromatic rings. The van der Waals surface area contributed by atoms with Crippen LogP contribution in [0.3, 0.4) is 0 Å². The Labute approximate surface area is 180 Å². The molecule has 6 nitrogen and oxygen atoms in total. The molecule has 0 aromatic heterocycles. The van der Waals surface area contributed by atoms with Gasteiger partial charge in [-0.05, 0) is 44.2 Å². The van der Waals surface area contributed by atoms with Crippen LogP contribution < -0.4 is 14.4 Å². The maximum atomic E-state index is 9.69. The molecular weight excluding hydrogens is 378 g/mol. The molecule has 3 fully saturated rings. The summed E-state index contributed by atoms with van der Waals surface area (Å²) in [5.74, 6) is 1.74. The van der Waals surface area contributed by atoms with Gasteiger partial charge in [0.1, 0.15) is 0 Å². The highest BCUT2D eigenvalue weighted by Crippen LogP contribution is 2.36. The maximum Gasteiger partial charge on any atom is 0.231 e. The van der Waals surface area contributed by atoms with E-state index in [9.17, 15) is 5.11 Å². The highest BCUT2D eigenvalue weighted by molar-refractivity contribution is 5.57. The Kier molecular flexibility index (Phi) is 6.34. The van der Waals surface area contributed by atoms with E-state index >= 15 is 0 Å². The molecule has 1 N–H and O–H groups in total. The lowest BCUT2D eigenvalue weighted by Crippen LogP contribution is -2.60. The molecule has 1 atom stereocenters. The Morgan fingerprint density at radius 2 is 1.67 bits per heavy atom. The summed E-state index contributed by atoms with van der Waals surface area (Å²) in [6.07, 6.45) is 10.2. The Hall–Kier alpha value is -1.50. The van der Waals surface area contributed by atoms with Gasteiger partial charge in [0.25, 0.3) is 0 Å². The standard InChI is InChI=1S/C24H37N3O3/c28-15-10-22-17-26(13-14-27(22)20-4-2-1-3-5-20)19-8-11-25(12-9-19)21-6-7-23-24(16-21)30-18-29-23/h6-7,16,19-20,22,28H,1-5,8-15,17-18H2. The molecule has 0 amide bonds. The first-order valence-electron chi connectivity index (χ1n) is 12.1. The van der Waals surface area contributed by atoms with Crippen molar-refractivity contribution in [1.82, 2.24) is 9.80 Å². The van der Waals surface area contributed by atoms with Gasteiger partial charge in [0.15, 0.2) is 11.5 Å². The highest BCUT2D eigenvalue weighted by atomic mass is 16.7. The molecule has 0 bridgehead atoms. The lowest BCUT2D eigenvalue weighted by Gasteiger charge is -2.49. The van der Waals surface area contributed by atoms with Crippen molar-refractivity contribution in [2.24, 2.45) is 0 Å². The third kappa shape index (κ3) is 4.27. The van der Waals surface area contributed by atoms with E-state index in [2.05, 4.69) is 26.8 Å². The average Bonchev–Trinajstić information content (AvgIpc) is 3.28. The SMILES string of the molecule is OCCC1CN(C2CCN(c3ccc4c(c3)OCO4)CC2)CCN1C1CCCCC1. The van der Waals surface area contributed by atoms with Gasteiger partial charge in [0.2, 0.25) is 6.79 Å². The summed E-state index contributed by atoms with van der Waals surface area (Å²) in [5, 5.41) is 9.69. The molecule has 0 spiro atoms. The second-order valence-corrected chi connectivity index (χ2v) is 9.45. The molecule has 3 aliphatic heterocycles. The van der Waals surface area contributed by atoms with E-state index in [1.807, 2.05) is 6.07 Å². The van der Waals surface area contributed by atoms with Crippen molar-refractivity contribution >= 4 is 5.69 Å². The van der Waals surface area contributed by atoms with Crippen molar-refractivity contribution in [2.75, 3.05) is 51.0 Å². The number of ether oxygens (including phenoxy) is 2. The predicted molar refractivity (Wildman–Crippen MR) is 118 cm³/mol. The number of anilines is 1. The molecule has 1 aromatic carbocycles. The van der Waals surface area contributed by atoms with Gasteiger partial charge in [0.05, 0.1) is 0 Å². The number of aliphatic hydroxyl groups is 1. The van der Waals surface area contributed by atoms with Crippen molar-refractivity contribution in [3.63, 3.8) is 0 Å². The Balaban J connectivity index is 1.17. The van der Waals surface area contributed by atoms with Gasteiger partial charge in [0, 0.05) is 69.2 Å². The fourth-order valence-corrected chi connectivity index (χ4v) is 6.10. The zero-order valence-electron chi connectivity index (χ0n) is 18.2. The molecule has 4 aliphatic rings. The summed E-state index contributed by atoms with van der Waals surface area (Å²) >= 11 is 0. The van der Waals surface area contributed by atoms with Crippen molar-refractivity contribution in [3.8, 4) is 11.5 Å². The van der Waals surface area contributed by atoms with E-state index in [1.165, 1.54) is 63.7 Å². The normalized spacial score (nSPS) is 27.0. The molecule has 6 heteroatoms. The maximum absolute atomic E-state index is 9.69. The Morgan fingerprint density at radius 3 is 2.47 bits per heavy atom. The fourth-order valence-electron chi connectivity index (χ4n) is 6.10. The number of piperidine rings is 1. The van der Waals surface area contributed by atoms with Crippen LogP contribution in [0, 0.1) is 0 Å². The van der Waals surface area contributed by atoms with E-state index < -0.39 is 0 Å². The van der Waals surface area contributed by atoms with Crippen LogP contribution in [-0.2, 0) is 0 Å². The molecular formula is C24H37N3O3. The molecule has 3 heterocycles. The second-order valence-electron chi connectivity index (χ2n) is 9.45. The van der Waals surface area contributed by atoms with Crippen LogP contribution in [0.1, 0.15) is 51.4 Å². The lowest BCUT2D eigenvalue weighted by atomic mass is 9.91.